The molecule has 0 radical (unpaired) electrons. The number of rotatable bonds is 4. The van der Waals surface area contributed by atoms with Crippen molar-refractivity contribution in [3.63, 3.8) is 0 Å². The van der Waals surface area contributed by atoms with E-state index < -0.39 is 0 Å². The third kappa shape index (κ3) is 2.91. The fraction of sp³-hybridized carbons (Fsp3) is 0.562. The fourth-order valence-corrected chi connectivity index (χ4v) is 3.63. The van der Waals surface area contributed by atoms with Gasteiger partial charge in [-0.3, -0.25) is 4.79 Å². The van der Waals surface area contributed by atoms with Gasteiger partial charge in [0.15, 0.2) is 0 Å². The molecule has 3 unspecified atom stereocenters. The highest BCUT2D eigenvalue weighted by atomic mass is 16.5. The lowest BCUT2D eigenvalue weighted by Gasteiger charge is -2.21. The van der Waals surface area contributed by atoms with Crippen molar-refractivity contribution in [2.24, 2.45) is 17.8 Å². The fourth-order valence-electron chi connectivity index (χ4n) is 3.63. The van der Waals surface area contributed by atoms with Gasteiger partial charge in [-0.15, -0.1) is 0 Å². The number of carbonyl (C=O) groups is 1. The van der Waals surface area contributed by atoms with E-state index in [1.54, 1.807) is 0 Å². The number of esters is 1. The number of hydrogen-bond donors (Lipinski definition) is 1. The second kappa shape index (κ2) is 5.24. The Morgan fingerprint density at radius 3 is 2.63 bits per heavy atom. The monoisotopic (exact) mass is 259 g/mol. The summed E-state index contributed by atoms with van der Waals surface area (Å²) in [6.45, 7) is 0.620. The van der Waals surface area contributed by atoms with Crippen LogP contribution in [0.15, 0.2) is 24.3 Å². The van der Waals surface area contributed by atoms with Gasteiger partial charge in [-0.05, 0) is 54.7 Å². The molecule has 3 heteroatoms. The number of nitrogen functional groups attached to an aromatic ring is 1. The van der Waals surface area contributed by atoms with Gasteiger partial charge in [0.05, 0.1) is 13.0 Å². The molecule has 0 saturated heterocycles. The summed E-state index contributed by atoms with van der Waals surface area (Å²) in [6.07, 6.45) is 5.70. The smallest absolute Gasteiger partial charge is 0.310 e. The second-order valence-corrected chi connectivity index (χ2v) is 6.04. The molecular formula is C16H21NO2. The Bertz CT molecular complexity index is 454. The van der Waals surface area contributed by atoms with E-state index in [1.807, 2.05) is 24.3 Å². The Balaban J connectivity index is 1.45. The summed E-state index contributed by atoms with van der Waals surface area (Å²) in [5.74, 6) is 2.22. The van der Waals surface area contributed by atoms with Crippen LogP contribution in [0.1, 0.15) is 31.2 Å². The van der Waals surface area contributed by atoms with Crippen LogP contribution in [-0.2, 0) is 16.0 Å². The number of carbonyl (C=O) groups excluding carboxylic acids is 1. The van der Waals surface area contributed by atoms with Crippen molar-refractivity contribution in [2.75, 3.05) is 12.3 Å². The van der Waals surface area contributed by atoms with Gasteiger partial charge >= 0.3 is 5.97 Å². The minimum Gasteiger partial charge on any atom is -0.465 e. The third-order valence-electron chi connectivity index (χ3n) is 4.67. The van der Waals surface area contributed by atoms with E-state index in [0.717, 1.165) is 23.1 Å². The minimum absolute atomic E-state index is 0.118. The first kappa shape index (κ1) is 12.5. The Morgan fingerprint density at radius 1 is 1.21 bits per heavy atom. The highest BCUT2D eigenvalue weighted by Gasteiger charge is 2.39. The van der Waals surface area contributed by atoms with Crippen LogP contribution in [0, 0.1) is 17.8 Å². The number of hydrogen-bond acceptors (Lipinski definition) is 3. The van der Waals surface area contributed by atoms with Gasteiger partial charge in [0, 0.05) is 5.69 Å². The molecule has 3 rings (SSSR count). The first-order chi connectivity index (χ1) is 9.20. The lowest BCUT2D eigenvalue weighted by atomic mass is 9.89. The largest absolute Gasteiger partial charge is 0.465 e. The van der Waals surface area contributed by atoms with Crippen molar-refractivity contribution < 1.29 is 9.53 Å². The maximum absolute atomic E-state index is 11.8. The summed E-state index contributed by atoms with van der Waals surface area (Å²) in [5.41, 5.74) is 7.30. The lowest BCUT2D eigenvalue weighted by molar-refractivity contribution is -0.144. The molecule has 102 valence electrons. The van der Waals surface area contributed by atoms with Crippen molar-refractivity contribution in [3.8, 4) is 0 Å². The maximum Gasteiger partial charge on any atom is 0.310 e. The quantitative estimate of drug-likeness (QED) is 0.668. The zero-order valence-corrected chi connectivity index (χ0v) is 11.2. The molecule has 2 bridgehead atoms. The van der Waals surface area contributed by atoms with Crippen LogP contribution in [-0.4, -0.2) is 12.6 Å². The van der Waals surface area contributed by atoms with Gasteiger partial charge in [-0.25, -0.2) is 0 Å². The molecule has 2 fully saturated rings. The van der Waals surface area contributed by atoms with Crippen molar-refractivity contribution in [1.82, 2.24) is 0 Å². The van der Waals surface area contributed by atoms with Gasteiger partial charge in [0.1, 0.15) is 0 Å². The predicted molar refractivity (Wildman–Crippen MR) is 74.5 cm³/mol. The Morgan fingerprint density at radius 2 is 2.00 bits per heavy atom. The van der Waals surface area contributed by atoms with Gasteiger partial charge in [-0.1, -0.05) is 18.6 Å². The van der Waals surface area contributed by atoms with E-state index >= 15 is 0 Å². The first-order valence-electron chi connectivity index (χ1n) is 7.21. The van der Waals surface area contributed by atoms with Crippen LogP contribution in [0.2, 0.25) is 0 Å². The number of anilines is 1. The molecule has 1 aromatic rings. The van der Waals surface area contributed by atoms with Gasteiger partial charge in [0.25, 0.3) is 0 Å². The minimum atomic E-state index is -0.118. The van der Waals surface area contributed by atoms with Crippen molar-refractivity contribution in [2.45, 2.75) is 32.1 Å². The zero-order valence-electron chi connectivity index (χ0n) is 11.2. The summed E-state index contributed by atoms with van der Waals surface area (Å²) in [4.78, 5) is 11.8. The first-order valence-corrected chi connectivity index (χ1v) is 7.21. The molecule has 0 aliphatic heterocycles. The van der Waals surface area contributed by atoms with Crippen LogP contribution in [0.5, 0.6) is 0 Å². The zero-order chi connectivity index (χ0) is 13.2. The topological polar surface area (TPSA) is 52.3 Å². The van der Waals surface area contributed by atoms with E-state index in [4.69, 9.17) is 10.5 Å². The molecule has 2 N–H and O–H groups in total. The Kier molecular flexibility index (Phi) is 3.45. The SMILES string of the molecule is Nc1ccc(CC(=O)OCC2CC3CCC2C3)cc1. The van der Waals surface area contributed by atoms with Crippen LogP contribution in [0.25, 0.3) is 0 Å². The second-order valence-electron chi connectivity index (χ2n) is 6.04. The Labute approximate surface area is 114 Å². The highest BCUT2D eigenvalue weighted by molar-refractivity contribution is 5.72. The number of nitrogens with two attached hydrogens (primary N) is 1. The van der Waals surface area contributed by atoms with E-state index in [-0.39, 0.29) is 5.97 Å². The van der Waals surface area contributed by atoms with Crippen molar-refractivity contribution >= 4 is 11.7 Å². The van der Waals surface area contributed by atoms with Gasteiger partial charge < -0.3 is 10.5 Å². The number of ether oxygens (including phenoxy) is 1. The van der Waals surface area contributed by atoms with Crippen LogP contribution >= 0.6 is 0 Å². The van der Waals surface area contributed by atoms with E-state index in [0.29, 0.717) is 18.9 Å². The molecule has 0 amide bonds. The summed E-state index contributed by atoms with van der Waals surface area (Å²) in [6, 6.07) is 7.40. The van der Waals surface area contributed by atoms with E-state index in [9.17, 15) is 4.79 Å². The molecule has 3 atom stereocenters. The molecule has 3 nitrogen and oxygen atoms in total. The molecule has 0 spiro atoms. The maximum atomic E-state index is 11.8. The molecule has 19 heavy (non-hydrogen) atoms. The summed E-state index contributed by atoms with van der Waals surface area (Å²) >= 11 is 0. The molecule has 0 heterocycles. The van der Waals surface area contributed by atoms with E-state index in [1.165, 1.54) is 25.7 Å². The normalized spacial score (nSPS) is 28.5. The lowest BCUT2D eigenvalue weighted by Crippen LogP contribution is -2.20. The third-order valence-corrected chi connectivity index (χ3v) is 4.67. The standard InChI is InChI=1S/C16H21NO2/c17-15-5-2-11(3-6-15)9-16(18)19-10-14-8-12-1-4-13(14)7-12/h2-3,5-6,12-14H,1,4,7-10,17H2. The summed E-state index contributed by atoms with van der Waals surface area (Å²) in [5, 5.41) is 0. The molecule has 2 aliphatic rings. The molecule has 0 aromatic heterocycles. The van der Waals surface area contributed by atoms with Crippen LogP contribution < -0.4 is 5.73 Å². The van der Waals surface area contributed by atoms with E-state index in [2.05, 4.69) is 0 Å². The summed E-state index contributed by atoms with van der Waals surface area (Å²) < 4.78 is 5.44. The molecule has 1 aromatic carbocycles. The highest BCUT2D eigenvalue weighted by Crippen LogP contribution is 2.48. The van der Waals surface area contributed by atoms with Gasteiger partial charge in [0.2, 0.25) is 0 Å². The number of fused-ring (bicyclic) bond motifs is 2. The average Bonchev–Trinajstić information content (AvgIpc) is 3.01. The molecular weight excluding hydrogens is 238 g/mol. The number of benzene rings is 1. The average molecular weight is 259 g/mol. The van der Waals surface area contributed by atoms with Gasteiger partial charge in [-0.2, -0.15) is 0 Å². The van der Waals surface area contributed by atoms with Crippen LogP contribution in [0.3, 0.4) is 0 Å². The van der Waals surface area contributed by atoms with Crippen molar-refractivity contribution in [1.29, 1.82) is 0 Å². The van der Waals surface area contributed by atoms with Crippen molar-refractivity contribution in [3.05, 3.63) is 29.8 Å². The molecule has 2 aliphatic carbocycles. The Hall–Kier alpha value is -1.51. The van der Waals surface area contributed by atoms with Crippen LogP contribution in [0.4, 0.5) is 5.69 Å². The summed E-state index contributed by atoms with van der Waals surface area (Å²) in [7, 11) is 0. The molecule has 2 saturated carbocycles. The predicted octanol–water partition coefficient (Wildman–Crippen LogP) is 2.79.